The molecule has 0 spiro atoms. The summed E-state index contributed by atoms with van der Waals surface area (Å²) in [5.74, 6) is -1.50. The van der Waals surface area contributed by atoms with Crippen LogP contribution in [0.5, 0.6) is 0 Å². The zero-order valence-corrected chi connectivity index (χ0v) is 6.78. The molecule has 14 heavy (non-hydrogen) atoms. The van der Waals surface area contributed by atoms with Crippen LogP contribution in [0.25, 0.3) is 0 Å². The maximum atomic E-state index is 12.0. The Labute approximate surface area is 76.7 Å². The predicted octanol–water partition coefficient (Wildman–Crippen LogP) is 0.400. The summed E-state index contributed by atoms with van der Waals surface area (Å²) in [6, 6.07) is 0. The van der Waals surface area contributed by atoms with Gasteiger partial charge >= 0.3 is 6.18 Å². The van der Waals surface area contributed by atoms with E-state index in [-0.39, 0.29) is 11.6 Å². The smallest absolute Gasteiger partial charge is 0.370 e. The molecule has 0 radical (unpaired) electrons. The van der Waals surface area contributed by atoms with Crippen molar-refractivity contribution >= 4 is 11.6 Å². The summed E-state index contributed by atoms with van der Waals surface area (Å²) in [5, 5.41) is 0. The van der Waals surface area contributed by atoms with Crippen molar-refractivity contribution in [1.82, 2.24) is 9.97 Å². The molecule has 4 N–H and O–H groups in total. The highest BCUT2D eigenvalue weighted by molar-refractivity contribution is 5.78. The SMILES string of the molecule is NC(N)=Nc1cnc(C(F)(F)F)nc1. The third kappa shape index (κ3) is 2.57. The van der Waals surface area contributed by atoms with Gasteiger partial charge in [0.1, 0.15) is 5.69 Å². The van der Waals surface area contributed by atoms with Crippen molar-refractivity contribution < 1.29 is 13.2 Å². The van der Waals surface area contributed by atoms with Crippen molar-refractivity contribution in [2.75, 3.05) is 0 Å². The van der Waals surface area contributed by atoms with E-state index in [1.807, 2.05) is 0 Å². The molecule has 0 aliphatic rings. The maximum Gasteiger partial charge on any atom is 0.451 e. The van der Waals surface area contributed by atoms with Gasteiger partial charge in [0.25, 0.3) is 0 Å². The van der Waals surface area contributed by atoms with Crippen LogP contribution < -0.4 is 11.5 Å². The Hall–Kier alpha value is -1.86. The Morgan fingerprint density at radius 1 is 1.21 bits per heavy atom. The molecule has 0 bridgehead atoms. The van der Waals surface area contributed by atoms with E-state index in [1.165, 1.54) is 0 Å². The first-order chi connectivity index (χ1) is 6.39. The fourth-order valence-electron chi connectivity index (χ4n) is 0.674. The molecule has 0 aliphatic heterocycles. The van der Waals surface area contributed by atoms with Crippen LogP contribution >= 0.6 is 0 Å². The standard InChI is InChI=1S/C6H6F3N5/c7-6(8,9)4-12-1-3(2-13-4)14-5(10)11/h1-2H,(H4,10,11,14). The second-order valence-corrected chi connectivity index (χ2v) is 2.30. The predicted molar refractivity (Wildman–Crippen MR) is 42.5 cm³/mol. The van der Waals surface area contributed by atoms with Gasteiger partial charge in [0.05, 0.1) is 12.4 Å². The van der Waals surface area contributed by atoms with E-state index in [1.54, 1.807) is 0 Å². The molecule has 8 heteroatoms. The molecule has 0 unspecified atom stereocenters. The van der Waals surface area contributed by atoms with E-state index in [0.29, 0.717) is 0 Å². The highest BCUT2D eigenvalue weighted by atomic mass is 19.4. The second kappa shape index (κ2) is 3.48. The van der Waals surface area contributed by atoms with Gasteiger partial charge in [0.2, 0.25) is 5.82 Å². The third-order valence-electron chi connectivity index (χ3n) is 1.15. The van der Waals surface area contributed by atoms with Crippen molar-refractivity contribution in [1.29, 1.82) is 0 Å². The molecule has 1 heterocycles. The number of aromatic nitrogens is 2. The monoisotopic (exact) mass is 205 g/mol. The molecule has 0 atom stereocenters. The van der Waals surface area contributed by atoms with Gasteiger partial charge in [-0.1, -0.05) is 0 Å². The largest absolute Gasteiger partial charge is 0.451 e. The van der Waals surface area contributed by atoms with Crippen molar-refractivity contribution in [2.45, 2.75) is 6.18 Å². The lowest BCUT2D eigenvalue weighted by Crippen LogP contribution is -2.22. The summed E-state index contributed by atoms with van der Waals surface area (Å²) in [6.45, 7) is 0. The molecule has 0 saturated heterocycles. The number of alkyl halides is 3. The number of aliphatic imine (C=N–C) groups is 1. The van der Waals surface area contributed by atoms with E-state index in [4.69, 9.17) is 11.5 Å². The first kappa shape index (κ1) is 10.2. The zero-order chi connectivity index (χ0) is 10.8. The fourth-order valence-corrected chi connectivity index (χ4v) is 0.674. The number of nitrogens with two attached hydrogens (primary N) is 2. The van der Waals surface area contributed by atoms with Crippen LogP contribution in [0.4, 0.5) is 18.9 Å². The summed E-state index contributed by atoms with van der Waals surface area (Å²) in [7, 11) is 0. The number of nitrogens with zero attached hydrogens (tertiary/aromatic N) is 3. The van der Waals surface area contributed by atoms with E-state index >= 15 is 0 Å². The Morgan fingerprint density at radius 3 is 2.07 bits per heavy atom. The number of hydrogen-bond donors (Lipinski definition) is 2. The van der Waals surface area contributed by atoms with Crippen molar-refractivity contribution in [3.8, 4) is 0 Å². The first-order valence-electron chi connectivity index (χ1n) is 3.38. The van der Waals surface area contributed by atoms with Gasteiger partial charge in [-0.05, 0) is 0 Å². The summed E-state index contributed by atoms with van der Waals surface area (Å²) in [5.41, 5.74) is 10.1. The average molecular weight is 205 g/mol. The summed E-state index contributed by atoms with van der Waals surface area (Å²) >= 11 is 0. The molecule has 1 aromatic rings. The van der Waals surface area contributed by atoms with E-state index in [9.17, 15) is 13.2 Å². The third-order valence-corrected chi connectivity index (χ3v) is 1.15. The van der Waals surface area contributed by atoms with Gasteiger partial charge in [-0.25, -0.2) is 15.0 Å². The van der Waals surface area contributed by atoms with Crippen LogP contribution in [-0.2, 0) is 6.18 Å². The molecule has 76 valence electrons. The Balaban J connectivity index is 2.95. The Morgan fingerprint density at radius 2 is 1.71 bits per heavy atom. The molecule has 0 amide bonds. The van der Waals surface area contributed by atoms with Crippen molar-refractivity contribution in [3.05, 3.63) is 18.2 Å². The Bertz CT molecular complexity index is 337. The molecular weight excluding hydrogens is 199 g/mol. The normalized spacial score (nSPS) is 11.1. The topological polar surface area (TPSA) is 90.2 Å². The number of guanidine groups is 1. The summed E-state index contributed by atoms with van der Waals surface area (Å²) in [4.78, 5) is 9.56. The van der Waals surface area contributed by atoms with E-state index < -0.39 is 12.0 Å². The minimum Gasteiger partial charge on any atom is -0.370 e. The minimum absolute atomic E-state index is 0.0676. The molecule has 0 aliphatic carbocycles. The van der Waals surface area contributed by atoms with Crippen LogP contribution in [-0.4, -0.2) is 15.9 Å². The number of halogens is 3. The van der Waals surface area contributed by atoms with Gasteiger partial charge in [-0.3, -0.25) is 0 Å². The minimum atomic E-state index is -4.56. The van der Waals surface area contributed by atoms with E-state index in [2.05, 4.69) is 15.0 Å². The molecular formula is C6H6F3N5. The molecule has 0 fully saturated rings. The summed E-state index contributed by atoms with van der Waals surface area (Å²) < 4.78 is 35.9. The van der Waals surface area contributed by atoms with Gasteiger partial charge in [-0.2, -0.15) is 13.2 Å². The summed E-state index contributed by atoms with van der Waals surface area (Å²) in [6.07, 6.45) is -2.79. The highest BCUT2D eigenvalue weighted by Crippen LogP contribution is 2.26. The fraction of sp³-hybridized carbons (Fsp3) is 0.167. The van der Waals surface area contributed by atoms with Crippen LogP contribution in [0.15, 0.2) is 17.4 Å². The van der Waals surface area contributed by atoms with Crippen molar-refractivity contribution in [3.63, 3.8) is 0 Å². The molecule has 0 saturated carbocycles. The first-order valence-corrected chi connectivity index (χ1v) is 3.38. The van der Waals surface area contributed by atoms with Crippen LogP contribution in [0, 0.1) is 0 Å². The molecule has 1 aromatic heterocycles. The lowest BCUT2D eigenvalue weighted by Gasteiger charge is -2.03. The van der Waals surface area contributed by atoms with Crippen LogP contribution in [0.1, 0.15) is 5.82 Å². The number of hydrogen-bond acceptors (Lipinski definition) is 3. The van der Waals surface area contributed by atoms with Gasteiger partial charge in [-0.15, -0.1) is 0 Å². The van der Waals surface area contributed by atoms with Gasteiger partial charge < -0.3 is 11.5 Å². The second-order valence-electron chi connectivity index (χ2n) is 2.30. The molecule has 0 aromatic carbocycles. The maximum absolute atomic E-state index is 12.0. The highest BCUT2D eigenvalue weighted by Gasteiger charge is 2.34. The zero-order valence-electron chi connectivity index (χ0n) is 6.78. The number of rotatable bonds is 1. The van der Waals surface area contributed by atoms with Gasteiger partial charge in [0, 0.05) is 0 Å². The van der Waals surface area contributed by atoms with Gasteiger partial charge in [0.15, 0.2) is 5.96 Å². The van der Waals surface area contributed by atoms with Crippen LogP contribution in [0.3, 0.4) is 0 Å². The van der Waals surface area contributed by atoms with Crippen molar-refractivity contribution in [2.24, 2.45) is 16.5 Å². The van der Waals surface area contributed by atoms with Crippen LogP contribution in [0.2, 0.25) is 0 Å². The van der Waals surface area contributed by atoms with E-state index in [0.717, 1.165) is 12.4 Å². The lowest BCUT2D eigenvalue weighted by molar-refractivity contribution is -0.144. The quantitative estimate of drug-likeness (QED) is 0.512. The Kier molecular flexibility index (Phi) is 2.54. The average Bonchev–Trinajstić information content (AvgIpc) is 2.02. The lowest BCUT2D eigenvalue weighted by atomic mass is 10.5. The molecule has 1 rings (SSSR count). The molecule has 5 nitrogen and oxygen atoms in total.